The van der Waals surface area contributed by atoms with Crippen LogP contribution in [0.15, 0.2) is 30.3 Å². The summed E-state index contributed by atoms with van der Waals surface area (Å²) in [5, 5.41) is 7.83. The summed E-state index contributed by atoms with van der Waals surface area (Å²) >= 11 is 0. The minimum absolute atomic E-state index is 0.0581. The molecule has 0 saturated carbocycles. The molecule has 2 aliphatic rings. The van der Waals surface area contributed by atoms with Crippen molar-refractivity contribution in [3.63, 3.8) is 0 Å². The topological polar surface area (TPSA) is 82.7 Å². The van der Waals surface area contributed by atoms with Crippen molar-refractivity contribution in [2.45, 2.75) is 24.6 Å². The van der Waals surface area contributed by atoms with Gasteiger partial charge in [0.05, 0.1) is 11.7 Å². The van der Waals surface area contributed by atoms with Gasteiger partial charge in [-0.25, -0.2) is 27.2 Å². The number of benzene rings is 2. The van der Waals surface area contributed by atoms with Crippen molar-refractivity contribution in [1.29, 1.82) is 0 Å². The van der Waals surface area contributed by atoms with E-state index in [0.29, 0.717) is 23.0 Å². The maximum atomic E-state index is 14.3. The Hall–Kier alpha value is -3.50. The first-order valence-electron chi connectivity index (χ1n) is 9.78. The number of alkyl halides is 2. The minimum atomic E-state index is -2.00. The zero-order chi connectivity index (χ0) is 23.0. The van der Waals surface area contributed by atoms with E-state index in [0.717, 1.165) is 6.07 Å². The third kappa shape index (κ3) is 3.78. The Bertz CT molecular complexity index is 1080. The van der Waals surface area contributed by atoms with Crippen molar-refractivity contribution in [2.75, 3.05) is 30.6 Å². The van der Waals surface area contributed by atoms with E-state index in [1.807, 2.05) is 0 Å². The maximum Gasteiger partial charge on any atom is 0.321 e. The lowest BCUT2D eigenvalue weighted by molar-refractivity contribution is -0.0139. The highest BCUT2D eigenvalue weighted by Gasteiger charge is 2.44. The molecule has 0 fully saturated rings. The fourth-order valence-electron chi connectivity index (χ4n) is 3.92. The number of ether oxygens (including phenoxy) is 1. The second-order valence-corrected chi connectivity index (χ2v) is 7.73. The van der Waals surface area contributed by atoms with Crippen LogP contribution in [0.2, 0.25) is 0 Å². The molecule has 2 heterocycles. The molecule has 170 valence electrons. The lowest BCUT2D eigenvalue weighted by Crippen LogP contribution is -2.49. The Morgan fingerprint density at radius 1 is 1.28 bits per heavy atom. The fraction of sp³-hybridized carbons (Fsp3) is 0.333. The monoisotopic (exact) mass is 452 g/mol. The smallest absolute Gasteiger partial charge is 0.321 e. The van der Waals surface area contributed by atoms with Gasteiger partial charge >= 0.3 is 12.1 Å². The number of halogens is 4. The summed E-state index contributed by atoms with van der Waals surface area (Å²) in [6, 6.07) is 4.32. The van der Waals surface area contributed by atoms with Gasteiger partial charge in [0, 0.05) is 42.9 Å². The number of fused-ring (bicyclic) bond motifs is 2. The molecular weight excluding hydrogens is 432 g/mol. The number of carbonyl (C=O) groups excluding carboxylic acids is 2. The average molecular weight is 452 g/mol. The van der Waals surface area contributed by atoms with Gasteiger partial charge in [0.2, 0.25) is 0 Å². The van der Waals surface area contributed by atoms with Crippen molar-refractivity contribution in [1.82, 2.24) is 10.6 Å². The van der Waals surface area contributed by atoms with Crippen LogP contribution < -0.4 is 25.6 Å². The standard InChI is InChI=1S/C21H20F4N4O3/c1-29-17-4-2-3-15(13(17)8-26-20(29)31)27-19(30)28-16-7-21(9-22,10-23)32-18-12(16)5-11(24)6-14(18)25/h2-6,16H,7-10H2,1H3,(H,26,31)(H2,27,28,30)/t16-/m1/s1. The molecule has 0 bridgehead atoms. The normalized spacial score (nSPS) is 18.7. The van der Waals surface area contributed by atoms with Gasteiger partial charge in [0.25, 0.3) is 0 Å². The van der Waals surface area contributed by atoms with Crippen LogP contribution in [0.1, 0.15) is 23.6 Å². The molecule has 1 atom stereocenters. The second kappa shape index (κ2) is 8.21. The number of amides is 4. The van der Waals surface area contributed by atoms with Gasteiger partial charge in [0.15, 0.2) is 17.2 Å². The van der Waals surface area contributed by atoms with Crippen molar-refractivity contribution in [3.8, 4) is 5.75 Å². The molecule has 4 rings (SSSR count). The van der Waals surface area contributed by atoms with Gasteiger partial charge < -0.3 is 20.7 Å². The molecule has 2 aliphatic heterocycles. The highest BCUT2D eigenvalue weighted by Crippen LogP contribution is 2.42. The average Bonchev–Trinajstić information content (AvgIpc) is 2.77. The SMILES string of the molecule is CN1C(=O)NCc2c(NC(=O)N[C@@H]3CC(CF)(CF)Oc4c(F)cc(F)cc43)cccc21. The summed E-state index contributed by atoms with van der Waals surface area (Å²) < 4.78 is 60.6. The summed E-state index contributed by atoms with van der Waals surface area (Å²) in [4.78, 5) is 26.0. The molecule has 0 aromatic heterocycles. The number of carbonyl (C=O) groups is 2. The van der Waals surface area contributed by atoms with Crippen LogP contribution in [0, 0.1) is 11.6 Å². The molecule has 7 nitrogen and oxygen atoms in total. The van der Waals surface area contributed by atoms with Crippen LogP contribution in [0.4, 0.5) is 38.5 Å². The van der Waals surface area contributed by atoms with Crippen LogP contribution in [-0.4, -0.2) is 38.1 Å². The Kier molecular flexibility index (Phi) is 5.57. The quantitative estimate of drug-likeness (QED) is 0.615. The van der Waals surface area contributed by atoms with Crippen molar-refractivity contribution in [3.05, 3.63) is 53.1 Å². The van der Waals surface area contributed by atoms with Gasteiger partial charge in [0.1, 0.15) is 19.2 Å². The number of anilines is 2. The first kappa shape index (κ1) is 21.7. The fourth-order valence-corrected chi connectivity index (χ4v) is 3.92. The zero-order valence-corrected chi connectivity index (χ0v) is 17.0. The van der Waals surface area contributed by atoms with Crippen LogP contribution >= 0.6 is 0 Å². The highest BCUT2D eigenvalue weighted by atomic mass is 19.1. The molecule has 0 saturated heterocycles. The Balaban J connectivity index is 1.61. The zero-order valence-electron chi connectivity index (χ0n) is 17.0. The Morgan fingerprint density at radius 2 is 2.03 bits per heavy atom. The van der Waals surface area contributed by atoms with Gasteiger partial charge in [-0.15, -0.1) is 0 Å². The molecule has 0 aliphatic carbocycles. The molecule has 32 heavy (non-hydrogen) atoms. The van der Waals surface area contributed by atoms with E-state index in [1.54, 1.807) is 25.2 Å². The molecule has 0 spiro atoms. The Labute approximate surface area is 180 Å². The lowest BCUT2D eigenvalue weighted by Gasteiger charge is -2.39. The van der Waals surface area contributed by atoms with Crippen LogP contribution in [0.3, 0.4) is 0 Å². The minimum Gasteiger partial charge on any atom is -0.478 e. The van der Waals surface area contributed by atoms with Crippen LogP contribution in [-0.2, 0) is 6.54 Å². The number of hydrogen-bond donors (Lipinski definition) is 3. The molecule has 4 amide bonds. The largest absolute Gasteiger partial charge is 0.478 e. The molecule has 0 unspecified atom stereocenters. The predicted molar refractivity (Wildman–Crippen MR) is 108 cm³/mol. The van der Waals surface area contributed by atoms with E-state index < -0.39 is 48.4 Å². The van der Waals surface area contributed by atoms with E-state index in [1.165, 1.54) is 4.90 Å². The van der Waals surface area contributed by atoms with Crippen molar-refractivity contribution >= 4 is 23.4 Å². The summed E-state index contributed by atoms with van der Waals surface area (Å²) in [5.41, 5.74) is -0.413. The molecule has 2 aromatic rings. The van der Waals surface area contributed by atoms with Crippen molar-refractivity contribution in [2.24, 2.45) is 0 Å². The number of nitrogens with zero attached hydrogens (tertiary/aromatic N) is 1. The van der Waals surface area contributed by atoms with E-state index in [9.17, 15) is 27.2 Å². The first-order chi connectivity index (χ1) is 15.3. The molecular formula is C21H20F4N4O3. The van der Waals surface area contributed by atoms with Crippen LogP contribution in [0.25, 0.3) is 0 Å². The number of hydrogen-bond acceptors (Lipinski definition) is 3. The van der Waals surface area contributed by atoms with Gasteiger partial charge in [-0.05, 0) is 18.2 Å². The number of nitrogens with one attached hydrogen (secondary N) is 3. The molecule has 2 aromatic carbocycles. The molecule has 0 radical (unpaired) electrons. The van der Waals surface area contributed by atoms with E-state index in [-0.39, 0.29) is 24.6 Å². The number of urea groups is 2. The molecule has 11 heteroatoms. The van der Waals surface area contributed by atoms with E-state index in [4.69, 9.17) is 4.74 Å². The van der Waals surface area contributed by atoms with Gasteiger partial charge in [-0.3, -0.25) is 4.90 Å². The third-order valence-electron chi connectivity index (χ3n) is 5.58. The lowest BCUT2D eigenvalue weighted by atomic mass is 9.88. The van der Waals surface area contributed by atoms with E-state index in [2.05, 4.69) is 16.0 Å². The number of rotatable bonds is 4. The van der Waals surface area contributed by atoms with Crippen LogP contribution in [0.5, 0.6) is 5.75 Å². The Morgan fingerprint density at radius 3 is 2.75 bits per heavy atom. The van der Waals surface area contributed by atoms with Crippen molar-refractivity contribution < 1.29 is 31.9 Å². The molecule has 3 N–H and O–H groups in total. The summed E-state index contributed by atoms with van der Waals surface area (Å²) in [5.74, 6) is -2.53. The predicted octanol–water partition coefficient (Wildman–Crippen LogP) is 3.95. The summed E-state index contributed by atoms with van der Waals surface area (Å²) in [6.07, 6.45) is -0.366. The van der Waals surface area contributed by atoms with Gasteiger partial charge in [-0.1, -0.05) is 6.07 Å². The van der Waals surface area contributed by atoms with Gasteiger partial charge in [-0.2, -0.15) is 0 Å². The maximum absolute atomic E-state index is 14.3. The first-order valence-corrected chi connectivity index (χ1v) is 9.78. The second-order valence-electron chi connectivity index (χ2n) is 7.73. The van der Waals surface area contributed by atoms with E-state index >= 15 is 0 Å². The summed E-state index contributed by atoms with van der Waals surface area (Å²) in [7, 11) is 1.58. The summed E-state index contributed by atoms with van der Waals surface area (Å²) in [6.45, 7) is -2.35. The highest BCUT2D eigenvalue weighted by molar-refractivity contribution is 5.98. The third-order valence-corrected chi connectivity index (χ3v) is 5.58.